The molecule has 1 fully saturated rings. The van der Waals surface area contributed by atoms with Crippen molar-refractivity contribution >= 4 is 5.91 Å². The average molecular weight is 309 g/mol. The lowest BCUT2D eigenvalue weighted by atomic mass is 10.0. The van der Waals surface area contributed by atoms with Crippen LogP contribution in [-0.4, -0.2) is 58.3 Å². The molecule has 1 aliphatic rings. The highest BCUT2D eigenvalue weighted by Crippen LogP contribution is 2.40. The van der Waals surface area contributed by atoms with Crippen molar-refractivity contribution in [3.8, 4) is 17.2 Å². The standard InChI is InChI=1S/C15H23N3O4/c1-20-11-8-10(9-12(21-2)14(11)22-3)13(15(16)19)18-6-4-17-5-7-18/h8-9,13,17H,4-7H2,1-3H3,(H2,16,19). The molecular weight excluding hydrogens is 286 g/mol. The molecule has 0 aliphatic carbocycles. The van der Waals surface area contributed by atoms with Crippen LogP contribution in [-0.2, 0) is 4.79 Å². The molecule has 7 heteroatoms. The van der Waals surface area contributed by atoms with Gasteiger partial charge in [-0.25, -0.2) is 0 Å². The molecule has 1 aromatic rings. The topological polar surface area (TPSA) is 86.1 Å². The number of primary amides is 1. The summed E-state index contributed by atoms with van der Waals surface area (Å²) in [6.45, 7) is 3.16. The van der Waals surface area contributed by atoms with E-state index < -0.39 is 11.9 Å². The van der Waals surface area contributed by atoms with Gasteiger partial charge < -0.3 is 25.3 Å². The normalized spacial score (nSPS) is 16.9. The Morgan fingerprint density at radius 3 is 2.09 bits per heavy atom. The van der Waals surface area contributed by atoms with Gasteiger partial charge in [0, 0.05) is 26.2 Å². The van der Waals surface area contributed by atoms with Gasteiger partial charge in [0.05, 0.1) is 21.3 Å². The number of hydrogen-bond acceptors (Lipinski definition) is 6. The van der Waals surface area contributed by atoms with Crippen molar-refractivity contribution in [2.45, 2.75) is 6.04 Å². The van der Waals surface area contributed by atoms with Crippen molar-refractivity contribution in [3.63, 3.8) is 0 Å². The maximum Gasteiger partial charge on any atom is 0.239 e. The van der Waals surface area contributed by atoms with Gasteiger partial charge in [0.2, 0.25) is 11.7 Å². The fourth-order valence-electron chi connectivity index (χ4n) is 2.75. The minimum atomic E-state index is -0.518. The highest BCUT2D eigenvalue weighted by molar-refractivity contribution is 5.82. The fourth-order valence-corrected chi connectivity index (χ4v) is 2.75. The number of nitrogens with zero attached hydrogens (tertiary/aromatic N) is 1. The lowest BCUT2D eigenvalue weighted by Crippen LogP contribution is -2.48. The van der Waals surface area contributed by atoms with Crippen LogP contribution in [0.5, 0.6) is 17.2 Å². The first-order chi connectivity index (χ1) is 10.6. The van der Waals surface area contributed by atoms with E-state index in [0.29, 0.717) is 17.2 Å². The molecular formula is C15H23N3O4. The van der Waals surface area contributed by atoms with Crippen molar-refractivity contribution in [1.29, 1.82) is 0 Å². The summed E-state index contributed by atoms with van der Waals surface area (Å²) in [5.74, 6) is 1.13. The van der Waals surface area contributed by atoms with Crippen LogP contribution in [0.15, 0.2) is 12.1 Å². The van der Waals surface area contributed by atoms with Crippen LogP contribution in [0.2, 0.25) is 0 Å². The summed E-state index contributed by atoms with van der Waals surface area (Å²) >= 11 is 0. The van der Waals surface area contributed by atoms with E-state index in [1.54, 1.807) is 33.5 Å². The third-order valence-corrected chi connectivity index (χ3v) is 3.79. The minimum absolute atomic E-state index is 0.392. The molecule has 3 N–H and O–H groups in total. The second-order valence-electron chi connectivity index (χ2n) is 5.05. The largest absolute Gasteiger partial charge is 0.493 e. The zero-order valence-corrected chi connectivity index (χ0v) is 13.2. The van der Waals surface area contributed by atoms with E-state index in [2.05, 4.69) is 10.2 Å². The Bertz CT molecular complexity index is 505. The summed E-state index contributed by atoms with van der Waals surface area (Å²) in [6.07, 6.45) is 0. The van der Waals surface area contributed by atoms with Gasteiger partial charge in [0.25, 0.3) is 0 Å². The molecule has 0 radical (unpaired) electrons. The molecule has 122 valence electrons. The van der Waals surface area contributed by atoms with Gasteiger partial charge in [-0.15, -0.1) is 0 Å². The Morgan fingerprint density at radius 2 is 1.68 bits per heavy atom. The van der Waals surface area contributed by atoms with Crippen LogP contribution >= 0.6 is 0 Å². The van der Waals surface area contributed by atoms with Crippen molar-refractivity contribution in [3.05, 3.63) is 17.7 Å². The Hall–Kier alpha value is -1.99. The average Bonchev–Trinajstić information content (AvgIpc) is 2.54. The van der Waals surface area contributed by atoms with Gasteiger partial charge in [-0.1, -0.05) is 0 Å². The summed E-state index contributed by atoms with van der Waals surface area (Å²) in [7, 11) is 4.64. The molecule has 1 aromatic carbocycles. The molecule has 1 amide bonds. The van der Waals surface area contributed by atoms with E-state index in [1.807, 2.05) is 0 Å². The Balaban J connectivity index is 2.44. The smallest absolute Gasteiger partial charge is 0.239 e. The van der Waals surface area contributed by atoms with Crippen molar-refractivity contribution in [1.82, 2.24) is 10.2 Å². The third kappa shape index (κ3) is 3.26. The minimum Gasteiger partial charge on any atom is -0.493 e. The highest BCUT2D eigenvalue weighted by atomic mass is 16.5. The molecule has 1 aliphatic heterocycles. The summed E-state index contributed by atoms with van der Waals surface area (Å²) in [5, 5.41) is 3.26. The van der Waals surface area contributed by atoms with Crippen LogP contribution in [0.3, 0.4) is 0 Å². The van der Waals surface area contributed by atoms with Gasteiger partial charge in [-0.3, -0.25) is 9.69 Å². The van der Waals surface area contributed by atoms with Gasteiger partial charge in [-0.05, 0) is 17.7 Å². The van der Waals surface area contributed by atoms with Crippen molar-refractivity contribution in [2.24, 2.45) is 5.73 Å². The molecule has 1 heterocycles. The number of nitrogens with two attached hydrogens (primary N) is 1. The van der Waals surface area contributed by atoms with Crippen LogP contribution in [0.4, 0.5) is 0 Å². The van der Waals surface area contributed by atoms with Crippen LogP contribution in [0.1, 0.15) is 11.6 Å². The maximum absolute atomic E-state index is 12.0. The predicted molar refractivity (Wildman–Crippen MR) is 82.5 cm³/mol. The highest BCUT2D eigenvalue weighted by Gasteiger charge is 2.29. The molecule has 2 rings (SSSR count). The quantitative estimate of drug-likeness (QED) is 0.778. The van der Waals surface area contributed by atoms with Crippen molar-refractivity contribution < 1.29 is 19.0 Å². The number of amides is 1. The van der Waals surface area contributed by atoms with Crippen LogP contribution < -0.4 is 25.3 Å². The van der Waals surface area contributed by atoms with E-state index in [4.69, 9.17) is 19.9 Å². The van der Waals surface area contributed by atoms with E-state index >= 15 is 0 Å². The number of carbonyl (C=O) groups is 1. The number of nitrogens with one attached hydrogen (secondary N) is 1. The molecule has 0 bridgehead atoms. The first-order valence-corrected chi connectivity index (χ1v) is 7.16. The van der Waals surface area contributed by atoms with E-state index in [0.717, 1.165) is 31.7 Å². The molecule has 0 spiro atoms. The van der Waals surface area contributed by atoms with Crippen molar-refractivity contribution in [2.75, 3.05) is 47.5 Å². The van der Waals surface area contributed by atoms with Crippen LogP contribution in [0.25, 0.3) is 0 Å². The maximum atomic E-state index is 12.0. The zero-order valence-electron chi connectivity index (χ0n) is 13.2. The number of carbonyl (C=O) groups excluding carboxylic acids is 1. The molecule has 22 heavy (non-hydrogen) atoms. The SMILES string of the molecule is COc1cc(C(C(N)=O)N2CCNCC2)cc(OC)c1OC. The number of piperazine rings is 1. The van der Waals surface area contributed by atoms with Gasteiger partial charge in [0.15, 0.2) is 11.5 Å². The molecule has 1 atom stereocenters. The van der Waals surface area contributed by atoms with E-state index in [9.17, 15) is 4.79 Å². The second-order valence-corrected chi connectivity index (χ2v) is 5.05. The van der Waals surface area contributed by atoms with Gasteiger partial charge in [0.1, 0.15) is 6.04 Å². The number of hydrogen-bond donors (Lipinski definition) is 2. The fraction of sp³-hybridized carbons (Fsp3) is 0.533. The number of methoxy groups -OCH3 is 3. The predicted octanol–water partition coefficient (Wildman–Crippen LogP) is 0.144. The first-order valence-electron chi connectivity index (χ1n) is 7.16. The van der Waals surface area contributed by atoms with E-state index in [1.165, 1.54) is 0 Å². The lowest BCUT2D eigenvalue weighted by Gasteiger charge is -2.33. The molecule has 1 saturated heterocycles. The Labute approximate surface area is 130 Å². The van der Waals surface area contributed by atoms with Gasteiger partial charge in [-0.2, -0.15) is 0 Å². The molecule has 7 nitrogen and oxygen atoms in total. The first kappa shape index (κ1) is 16.4. The number of rotatable bonds is 6. The lowest BCUT2D eigenvalue weighted by molar-refractivity contribution is -0.123. The summed E-state index contributed by atoms with van der Waals surface area (Å²) in [6, 6.07) is 3.04. The van der Waals surface area contributed by atoms with Crippen LogP contribution in [0, 0.1) is 0 Å². The summed E-state index contributed by atoms with van der Waals surface area (Å²) in [4.78, 5) is 14.1. The number of benzene rings is 1. The Kier molecular flexibility index (Phi) is 5.46. The second kappa shape index (κ2) is 7.33. The molecule has 0 aromatic heterocycles. The van der Waals surface area contributed by atoms with E-state index in [-0.39, 0.29) is 0 Å². The Morgan fingerprint density at radius 1 is 1.14 bits per heavy atom. The molecule has 0 saturated carbocycles. The molecule has 1 unspecified atom stereocenters. The number of ether oxygens (including phenoxy) is 3. The monoisotopic (exact) mass is 309 g/mol. The zero-order chi connectivity index (χ0) is 16.1. The summed E-state index contributed by atoms with van der Waals surface area (Å²) < 4.78 is 16.0. The third-order valence-electron chi connectivity index (χ3n) is 3.79. The summed E-state index contributed by atoms with van der Waals surface area (Å²) in [5.41, 5.74) is 6.38. The van der Waals surface area contributed by atoms with Gasteiger partial charge >= 0.3 is 0 Å².